The van der Waals surface area contributed by atoms with Gasteiger partial charge in [-0.1, -0.05) is 38.1 Å². The van der Waals surface area contributed by atoms with Crippen LogP contribution in [0.2, 0.25) is 0 Å². The van der Waals surface area contributed by atoms with Crippen LogP contribution < -0.4 is 5.73 Å². The van der Waals surface area contributed by atoms with E-state index in [-0.39, 0.29) is 0 Å². The zero-order valence-electron chi connectivity index (χ0n) is 14.7. The maximum Gasteiger partial charge on any atom is 0.138 e. The summed E-state index contributed by atoms with van der Waals surface area (Å²) >= 11 is 0. The average Bonchev–Trinajstić information content (AvgIpc) is 2.91. The molecule has 0 saturated heterocycles. The minimum atomic E-state index is 0.556. The van der Waals surface area contributed by atoms with Crippen molar-refractivity contribution in [1.82, 2.24) is 0 Å². The van der Waals surface area contributed by atoms with Gasteiger partial charge in [0.25, 0.3) is 0 Å². The summed E-state index contributed by atoms with van der Waals surface area (Å²) in [4.78, 5) is 0. The summed E-state index contributed by atoms with van der Waals surface area (Å²) < 4.78 is 5.88. The number of rotatable bonds is 3. The predicted molar refractivity (Wildman–Crippen MR) is 98.2 cm³/mol. The lowest BCUT2D eigenvalue weighted by Gasteiger charge is -2.14. The Morgan fingerprint density at radius 3 is 2.26 bits per heavy atom. The molecule has 2 aromatic carbocycles. The molecule has 0 saturated carbocycles. The Morgan fingerprint density at radius 2 is 1.65 bits per heavy atom. The Balaban J connectivity index is 2.09. The fourth-order valence-corrected chi connectivity index (χ4v) is 3.32. The fraction of sp³-hybridized carbons (Fsp3) is 0.333. The maximum absolute atomic E-state index is 6.35. The normalized spacial score (nSPS) is 11.6. The van der Waals surface area contributed by atoms with Gasteiger partial charge in [-0.15, -0.1) is 0 Å². The number of hydrogen-bond donors (Lipinski definition) is 1. The molecular formula is C21H25NO. The quantitative estimate of drug-likeness (QED) is 0.635. The molecule has 120 valence electrons. The number of fused-ring (bicyclic) bond motifs is 1. The van der Waals surface area contributed by atoms with Crippen LogP contribution in [-0.4, -0.2) is 0 Å². The van der Waals surface area contributed by atoms with Gasteiger partial charge in [0.1, 0.15) is 5.58 Å². The molecule has 0 atom stereocenters. The number of furan rings is 1. The monoisotopic (exact) mass is 307 g/mol. The van der Waals surface area contributed by atoms with Crippen LogP contribution in [0.15, 0.2) is 34.9 Å². The molecule has 0 bridgehead atoms. The van der Waals surface area contributed by atoms with Crippen molar-refractivity contribution in [3.05, 3.63) is 63.9 Å². The molecule has 23 heavy (non-hydrogen) atoms. The molecule has 0 radical (unpaired) electrons. The van der Waals surface area contributed by atoms with Gasteiger partial charge < -0.3 is 10.2 Å². The highest BCUT2D eigenvalue weighted by Gasteiger charge is 2.17. The van der Waals surface area contributed by atoms with Crippen LogP contribution >= 0.6 is 0 Å². The van der Waals surface area contributed by atoms with Gasteiger partial charge in [-0.2, -0.15) is 0 Å². The van der Waals surface area contributed by atoms with Gasteiger partial charge in [0, 0.05) is 23.1 Å². The molecule has 0 unspecified atom stereocenters. The third-order valence-corrected chi connectivity index (χ3v) is 4.91. The summed E-state index contributed by atoms with van der Waals surface area (Å²) in [6.45, 7) is 10.7. The van der Waals surface area contributed by atoms with Crippen LogP contribution in [0.5, 0.6) is 0 Å². The largest absolute Gasteiger partial charge is 0.464 e. The predicted octanol–water partition coefficient (Wildman–Crippen LogP) is 5.65. The minimum Gasteiger partial charge on any atom is -0.464 e. The molecule has 2 nitrogen and oxygen atoms in total. The van der Waals surface area contributed by atoms with Crippen LogP contribution in [0.3, 0.4) is 0 Å². The fourth-order valence-electron chi connectivity index (χ4n) is 3.32. The molecule has 1 aromatic heterocycles. The molecule has 2 heteroatoms. The highest BCUT2D eigenvalue weighted by atomic mass is 16.3. The van der Waals surface area contributed by atoms with Crippen LogP contribution in [0.25, 0.3) is 11.0 Å². The first-order valence-electron chi connectivity index (χ1n) is 8.24. The summed E-state index contributed by atoms with van der Waals surface area (Å²) in [7, 11) is 0. The van der Waals surface area contributed by atoms with Gasteiger partial charge in [0.15, 0.2) is 0 Å². The minimum absolute atomic E-state index is 0.556. The van der Waals surface area contributed by atoms with Crippen molar-refractivity contribution >= 4 is 16.7 Å². The second-order valence-corrected chi connectivity index (χ2v) is 6.84. The van der Waals surface area contributed by atoms with Crippen molar-refractivity contribution in [2.75, 3.05) is 5.73 Å². The van der Waals surface area contributed by atoms with Crippen LogP contribution in [0.4, 0.5) is 5.69 Å². The first-order valence-corrected chi connectivity index (χ1v) is 8.24. The number of hydrogen-bond acceptors (Lipinski definition) is 2. The Labute approximate surface area is 138 Å². The lowest BCUT2D eigenvalue weighted by molar-refractivity contribution is 0.609. The number of nitrogens with two attached hydrogens (primary N) is 1. The molecule has 0 spiro atoms. The molecular weight excluding hydrogens is 282 g/mol. The molecule has 3 aromatic rings. The SMILES string of the molecule is Cc1c(N)c(C)c2c(C)coc2c1Cc1ccc(C(C)C)cc1. The van der Waals surface area contributed by atoms with Crippen LogP contribution in [0.1, 0.15) is 53.1 Å². The average molecular weight is 307 g/mol. The highest BCUT2D eigenvalue weighted by Crippen LogP contribution is 2.36. The number of aryl methyl sites for hydroxylation is 2. The standard InChI is InChI=1S/C21H25NO/c1-12(2)17-8-6-16(7-9-17)10-18-14(4)20(22)15(5)19-13(3)11-23-21(18)19/h6-9,11-12H,10,22H2,1-5H3. The van der Waals surface area contributed by atoms with Crippen LogP contribution in [0, 0.1) is 20.8 Å². The van der Waals surface area contributed by atoms with Crippen molar-refractivity contribution in [3.63, 3.8) is 0 Å². The maximum atomic E-state index is 6.35. The molecule has 0 aliphatic rings. The lowest BCUT2D eigenvalue weighted by Crippen LogP contribution is -2.01. The molecule has 2 N–H and O–H groups in total. The second kappa shape index (κ2) is 5.77. The van der Waals surface area contributed by atoms with E-state index in [1.165, 1.54) is 22.1 Å². The molecule has 0 fully saturated rings. The summed E-state index contributed by atoms with van der Waals surface area (Å²) in [5.74, 6) is 0.556. The highest BCUT2D eigenvalue weighted by molar-refractivity contribution is 5.93. The lowest BCUT2D eigenvalue weighted by atomic mass is 9.92. The number of benzene rings is 2. The number of anilines is 1. The molecule has 1 heterocycles. The van der Waals surface area contributed by atoms with E-state index in [2.05, 4.69) is 58.9 Å². The van der Waals surface area contributed by atoms with E-state index in [0.29, 0.717) is 5.92 Å². The van der Waals surface area contributed by atoms with Gasteiger partial charge in [-0.05, 0) is 54.5 Å². The smallest absolute Gasteiger partial charge is 0.138 e. The third-order valence-electron chi connectivity index (χ3n) is 4.91. The Hall–Kier alpha value is -2.22. The first kappa shape index (κ1) is 15.7. The van der Waals surface area contributed by atoms with Crippen molar-refractivity contribution in [2.45, 2.75) is 47.0 Å². The molecule has 0 aliphatic carbocycles. The van der Waals surface area contributed by atoms with E-state index in [0.717, 1.165) is 34.4 Å². The zero-order chi connectivity index (χ0) is 16.7. The molecule has 0 amide bonds. The van der Waals surface area contributed by atoms with E-state index in [4.69, 9.17) is 10.2 Å². The topological polar surface area (TPSA) is 39.2 Å². The van der Waals surface area contributed by atoms with E-state index >= 15 is 0 Å². The molecule has 0 aliphatic heterocycles. The van der Waals surface area contributed by atoms with Crippen LogP contribution in [-0.2, 0) is 6.42 Å². The summed E-state index contributed by atoms with van der Waals surface area (Å²) in [6, 6.07) is 8.87. The Kier molecular flexibility index (Phi) is 3.93. The summed E-state index contributed by atoms with van der Waals surface area (Å²) in [5, 5.41) is 1.17. The van der Waals surface area contributed by atoms with Gasteiger partial charge in [-0.25, -0.2) is 0 Å². The van der Waals surface area contributed by atoms with Gasteiger partial charge in [0.2, 0.25) is 0 Å². The van der Waals surface area contributed by atoms with Crippen molar-refractivity contribution in [1.29, 1.82) is 0 Å². The Bertz CT molecular complexity index is 854. The van der Waals surface area contributed by atoms with Gasteiger partial charge in [0.05, 0.1) is 6.26 Å². The first-order chi connectivity index (χ1) is 10.9. The van der Waals surface area contributed by atoms with Crippen molar-refractivity contribution < 1.29 is 4.42 Å². The van der Waals surface area contributed by atoms with E-state index < -0.39 is 0 Å². The second-order valence-electron chi connectivity index (χ2n) is 6.84. The van der Waals surface area contributed by atoms with Gasteiger partial charge >= 0.3 is 0 Å². The summed E-state index contributed by atoms with van der Waals surface area (Å²) in [6.07, 6.45) is 2.68. The van der Waals surface area contributed by atoms with E-state index in [1.807, 2.05) is 6.26 Å². The number of nitrogen functional groups attached to an aromatic ring is 1. The van der Waals surface area contributed by atoms with E-state index in [1.54, 1.807) is 0 Å². The van der Waals surface area contributed by atoms with Gasteiger partial charge in [-0.3, -0.25) is 0 Å². The zero-order valence-corrected chi connectivity index (χ0v) is 14.7. The van der Waals surface area contributed by atoms with Crippen molar-refractivity contribution in [3.8, 4) is 0 Å². The van der Waals surface area contributed by atoms with Crippen molar-refractivity contribution in [2.24, 2.45) is 0 Å². The third kappa shape index (κ3) is 2.63. The van der Waals surface area contributed by atoms with E-state index in [9.17, 15) is 0 Å². The summed E-state index contributed by atoms with van der Waals surface area (Å²) in [5.41, 5.74) is 15.5. The Morgan fingerprint density at radius 1 is 1.00 bits per heavy atom. The molecule has 3 rings (SSSR count).